The number of hydrogen-bond acceptors (Lipinski definition) is 5. The van der Waals surface area contributed by atoms with E-state index in [-0.39, 0.29) is 6.42 Å². The quantitative estimate of drug-likeness (QED) is 0.782. The van der Waals surface area contributed by atoms with Crippen molar-refractivity contribution in [3.05, 3.63) is 30.9 Å². The highest BCUT2D eigenvalue weighted by Gasteiger charge is 2.14. The predicted octanol–water partition coefficient (Wildman–Crippen LogP) is 0.176. The summed E-state index contributed by atoms with van der Waals surface area (Å²) in [4.78, 5) is 14.4. The highest BCUT2D eigenvalue weighted by atomic mass is 16.4. The monoisotopic (exact) mass is 248 g/mol. The van der Waals surface area contributed by atoms with Gasteiger partial charge in [-0.15, -0.1) is 10.2 Å². The minimum absolute atomic E-state index is 0.103. The number of carboxylic acids is 1. The lowest BCUT2D eigenvalue weighted by Gasteiger charge is -2.08. The van der Waals surface area contributed by atoms with Crippen LogP contribution in [0.3, 0.4) is 0 Å². The van der Waals surface area contributed by atoms with Gasteiger partial charge in [-0.25, -0.2) is 4.79 Å². The molecule has 0 aliphatic heterocycles. The molecule has 2 N–H and O–H groups in total. The lowest BCUT2D eigenvalue weighted by Crippen LogP contribution is -2.21. The van der Waals surface area contributed by atoms with Gasteiger partial charge in [-0.1, -0.05) is 0 Å². The number of aryl methyl sites for hydroxylation is 1. The second-order valence-electron chi connectivity index (χ2n) is 3.73. The fraction of sp³-hybridized carbons (Fsp3) is 0.273. The van der Waals surface area contributed by atoms with E-state index in [4.69, 9.17) is 5.11 Å². The maximum Gasteiger partial charge on any atom is 0.332 e. The van der Waals surface area contributed by atoms with Crippen molar-refractivity contribution in [2.45, 2.75) is 19.1 Å². The van der Waals surface area contributed by atoms with E-state index < -0.39 is 12.1 Å². The molecule has 18 heavy (non-hydrogen) atoms. The third-order valence-corrected chi connectivity index (χ3v) is 2.48. The Bertz CT molecular complexity index is 526. The van der Waals surface area contributed by atoms with Crippen LogP contribution in [0.5, 0.6) is 0 Å². The molecular weight excluding hydrogens is 236 g/mol. The molecular formula is C11H12N4O3. The second-order valence-corrected chi connectivity index (χ2v) is 3.73. The van der Waals surface area contributed by atoms with Crippen LogP contribution in [0.1, 0.15) is 6.42 Å². The third kappa shape index (κ3) is 2.69. The molecule has 7 heteroatoms. The standard InChI is InChI=1S/C11H12N4O3/c16-9(11(17)18)3-6-15-7-13-14-10(15)8-1-4-12-5-2-8/h1-2,4-5,7,9,16H,3,6H2,(H,17,18). The van der Waals surface area contributed by atoms with E-state index in [1.807, 2.05) is 0 Å². The highest BCUT2D eigenvalue weighted by molar-refractivity contribution is 5.71. The molecule has 2 rings (SSSR count). The maximum absolute atomic E-state index is 10.5. The van der Waals surface area contributed by atoms with Crippen LogP contribution in [-0.2, 0) is 11.3 Å². The number of aliphatic carboxylic acids is 1. The Morgan fingerprint density at radius 3 is 2.78 bits per heavy atom. The SMILES string of the molecule is O=C(O)C(O)CCn1cnnc1-c1ccncc1. The first kappa shape index (κ1) is 12.2. The van der Waals surface area contributed by atoms with E-state index in [1.165, 1.54) is 6.33 Å². The van der Waals surface area contributed by atoms with Crippen molar-refractivity contribution in [3.8, 4) is 11.4 Å². The van der Waals surface area contributed by atoms with Gasteiger partial charge in [0.05, 0.1) is 0 Å². The summed E-state index contributed by atoms with van der Waals surface area (Å²) in [5.74, 6) is -0.608. The topological polar surface area (TPSA) is 101 Å². The fourth-order valence-corrected chi connectivity index (χ4v) is 1.53. The molecule has 1 unspecified atom stereocenters. The summed E-state index contributed by atoms with van der Waals surface area (Å²) in [6.07, 6.45) is 3.51. The molecule has 2 aromatic heterocycles. The highest BCUT2D eigenvalue weighted by Crippen LogP contribution is 2.15. The molecule has 0 amide bonds. The van der Waals surface area contributed by atoms with Crippen molar-refractivity contribution in [1.82, 2.24) is 19.7 Å². The zero-order valence-electron chi connectivity index (χ0n) is 9.47. The first-order chi connectivity index (χ1) is 8.68. The lowest BCUT2D eigenvalue weighted by molar-refractivity contribution is -0.147. The second kappa shape index (κ2) is 5.37. The largest absolute Gasteiger partial charge is 0.479 e. The number of carbonyl (C=O) groups is 1. The maximum atomic E-state index is 10.5. The molecule has 0 saturated carbocycles. The van der Waals surface area contributed by atoms with Crippen LogP contribution in [0.4, 0.5) is 0 Å². The van der Waals surface area contributed by atoms with Gasteiger partial charge in [0.2, 0.25) is 0 Å². The third-order valence-electron chi connectivity index (χ3n) is 2.48. The summed E-state index contributed by atoms with van der Waals surface area (Å²) in [7, 11) is 0. The van der Waals surface area contributed by atoms with Crippen LogP contribution in [0.2, 0.25) is 0 Å². The number of aromatic nitrogens is 4. The molecule has 0 fully saturated rings. The van der Waals surface area contributed by atoms with Crippen molar-refractivity contribution in [2.75, 3.05) is 0 Å². The van der Waals surface area contributed by atoms with Crippen LogP contribution in [0.25, 0.3) is 11.4 Å². The molecule has 0 aliphatic rings. The van der Waals surface area contributed by atoms with Crippen LogP contribution in [0.15, 0.2) is 30.9 Å². The van der Waals surface area contributed by atoms with Gasteiger partial charge in [-0.3, -0.25) is 4.98 Å². The molecule has 94 valence electrons. The predicted molar refractivity (Wildman–Crippen MR) is 61.5 cm³/mol. The Morgan fingerprint density at radius 2 is 2.11 bits per heavy atom. The Labute approximate surface area is 103 Å². The lowest BCUT2D eigenvalue weighted by atomic mass is 10.2. The number of rotatable bonds is 5. The normalized spacial score (nSPS) is 12.3. The van der Waals surface area contributed by atoms with E-state index in [0.29, 0.717) is 12.4 Å². The molecule has 1 atom stereocenters. The van der Waals surface area contributed by atoms with Gasteiger partial charge >= 0.3 is 5.97 Å². The van der Waals surface area contributed by atoms with Gasteiger partial charge in [0, 0.05) is 30.9 Å². The molecule has 0 aliphatic carbocycles. The average Bonchev–Trinajstić information content (AvgIpc) is 2.85. The zero-order chi connectivity index (χ0) is 13.0. The minimum atomic E-state index is -1.38. The van der Waals surface area contributed by atoms with Crippen LogP contribution in [-0.4, -0.2) is 42.0 Å². The minimum Gasteiger partial charge on any atom is -0.479 e. The van der Waals surface area contributed by atoms with Crippen molar-refractivity contribution >= 4 is 5.97 Å². The fourth-order valence-electron chi connectivity index (χ4n) is 1.53. The van der Waals surface area contributed by atoms with Gasteiger partial charge in [-0.2, -0.15) is 0 Å². The average molecular weight is 248 g/mol. The van der Waals surface area contributed by atoms with Gasteiger partial charge in [0.25, 0.3) is 0 Å². The number of pyridine rings is 1. The van der Waals surface area contributed by atoms with E-state index in [0.717, 1.165) is 5.56 Å². The van der Waals surface area contributed by atoms with Gasteiger partial charge in [-0.05, 0) is 12.1 Å². The Kier molecular flexibility index (Phi) is 3.63. The van der Waals surface area contributed by atoms with Crippen LogP contribution in [0, 0.1) is 0 Å². The number of aliphatic hydroxyl groups is 1. The zero-order valence-corrected chi connectivity index (χ0v) is 9.47. The van der Waals surface area contributed by atoms with E-state index in [2.05, 4.69) is 15.2 Å². The molecule has 0 radical (unpaired) electrons. The van der Waals surface area contributed by atoms with Crippen LogP contribution < -0.4 is 0 Å². The molecule has 2 aromatic rings. The number of carboxylic acid groups (broad SMARTS) is 1. The van der Waals surface area contributed by atoms with Gasteiger partial charge < -0.3 is 14.8 Å². The van der Waals surface area contributed by atoms with Crippen molar-refractivity contribution in [2.24, 2.45) is 0 Å². The summed E-state index contributed by atoms with van der Waals surface area (Å²) in [5, 5.41) is 25.6. The van der Waals surface area contributed by atoms with Crippen molar-refractivity contribution < 1.29 is 15.0 Å². The first-order valence-electron chi connectivity index (χ1n) is 5.37. The van der Waals surface area contributed by atoms with E-state index in [1.54, 1.807) is 29.1 Å². The smallest absolute Gasteiger partial charge is 0.332 e. The molecule has 0 bridgehead atoms. The summed E-state index contributed by atoms with van der Waals surface area (Å²) in [6.45, 7) is 0.331. The first-order valence-corrected chi connectivity index (χ1v) is 5.37. The van der Waals surface area contributed by atoms with Gasteiger partial charge in [0.15, 0.2) is 11.9 Å². The number of aliphatic hydroxyl groups excluding tert-OH is 1. The molecule has 0 saturated heterocycles. The van der Waals surface area contributed by atoms with E-state index in [9.17, 15) is 9.90 Å². The molecule has 0 aromatic carbocycles. The summed E-state index contributed by atoms with van der Waals surface area (Å²) in [5.41, 5.74) is 0.840. The summed E-state index contributed by atoms with van der Waals surface area (Å²) in [6, 6.07) is 3.57. The summed E-state index contributed by atoms with van der Waals surface area (Å²) >= 11 is 0. The molecule has 7 nitrogen and oxygen atoms in total. The molecule has 2 heterocycles. The molecule has 0 spiro atoms. The van der Waals surface area contributed by atoms with Crippen LogP contribution >= 0.6 is 0 Å². The van der Waals surface area contributed by atoms with Crippen molar-refractivity contribution in [3.63, 3.8) is 0 Å². The summed E-state index contributed by atoms with van der Waals surface area (Å²) < 4.78 is 1.70. The number of hydrogen-bond donors (Lipinski definition) is 2. The Hall–Kier alpha value is -2.28. The van der Waals surface area contributed by atoms with Crippen molar-refractivity contribution in [1.29, 1.82) is 0 Å². The Morgan fingerprint density at radius 1 is 1.39 bits per heavy atom. The van der Waals surface area contributed by atoms with E-state index >= 15 is 0 Å². The van der Waals surface area contributed by atoms with Gasteiger partial charge in [0.1, 0.15) is 6.33 Å². The number of nitrogens with zero attached hydrogens (tertiary/aromatic N) is 4. The Balaban J connectivity index is 2.12.